The van der Waals surface area contributed by atoms with Gasteiger partial charge in [-0.2, -0.15) is 13.2 Å². The number of nitrogens with two attached hydrogens (primary N) is 1. The van der Waals surface area contributed by atoms with E-state index in [-0.39, 0.29) is 11.3 Å². The zero-order valence-corrected chi connectivity index (χ0v) is 8.07. The van der Waals surface area contributed by atoms with E-state index in [0.717, 1.165) is 7.11 Å². The van der Waals surface area contributed by atoms with Crippen LogP contribution in [0.5, 0.6) is 5.75 Å². The molecule has 0 fully saturated rings. The lowest BCUT2D eigenvalue weighted by atomic mass is 10.1. The van der Waals surface area contributed by atoms with Crippen molar-refractivity contribution in [3.8, 4) is 5.75 Å². The molecule has 0 spiro atoms. The Kier molecular flexibility index (Phi) is 2.79. The lowest BCUT2D eigenvalue weighted by Gasteiger charge is -2.14. The monoisotopic (exact) mass is 223 g/mol. The van der Waals surface area contributed by atoms with Crippen LogP contribution in [-0.2, 0) is 6.18 Å². The standard InChI is InChI=1S/C9H9F4NO/c1-4-3-5(9(11,12)13)6(10)8(15-2)7(4)14/h3H,14H2,1-2H3. The largest absolute Gasteiger partial charge is 0.492 e. The lowest BCUT2D eigenvalue weighted by molar-refractivity contribution is -0.140. The first-order chi connectivity index (χ1) is 6.79. The Hall–Kier alpha value is -1.46. The summed E-state index contributed by atoms with van der Waals surface area (Å²) in [6.07, 6.45) is -4.75. The molecule has 0 aliphatic heterocycles. The summed E-state index contributed by atoms with van der Waals surface area (Å²) in [7, 11) is 1.06. The smallest absolute Gasteiger partial charge is 0.419 e. The molecular formula is C9H9F4NO. The van der Waals surface area contributed by atoms with E-state index in [1.54, 1.807) is 0 Å². The Balaban J connectivity index is 3.51. The predicted octanol–water partition coefficient (Wildman–Crippen LogP) is 2.74. The van der Waals surface area contributed by atoms with Gasteiger partial charge in [-0.25, -0.2) is 4.39 Å². The first-order valence-corrected chi connectivity index (χ1v) is 3.98. The van der Waals surface area contributed by atoms with Crippen LogP contribution in [0.25, 0.3) is 0 Å². The zero-order chi connectivity index (χ0) is 11.8. The van der Waals surface area contributed by atoms with Gasteiger partial charge in [-0.15, -0.1) is 0 Å². The summed E-state index contributed by atoms with van der Waals surface area (Å²) >= 11 is 0. The van der Waals surface area contributed by atoms with E-state index >= 15 is 0 Å². The molecule has 0 radical (unpaired) electrons. The molecule has 6 heteroatoms. The van der Waals surface area contributed by atoms with Crippen LogP contribution < -0.4 is 10.5 Å². The molecule has 84 valence electrons. The van der Waals surface area contributed by atoms with E-state index in [1.165, 1.54) is 6.92 Å². The maximum absolute atomic E-state index is 13.3. The molecule has 1 rings (SSSR count). The molecule has 2 nitrogen and oxygen atoms in total. The molecule has 0 aromatic heterocycles. The molecular weight excluding hydrogens is 214 g/mol. The van der Waals surface area contributed by atoms with E-state index in [1.807, 2.05) is 0 Å². The molecule has 0 aliphatic carbocycles. The van der Waals surface area contributed by atoms with Gasteiger partial charge in [-0.05, 0) is 18.6 Å². The van der Waals surface area contributed by atoms with Crippen molar-refractivity contribution in [3.05, 3.63) is 23.0 Å². The fourth-order valence-corrected chi connectivity index (χ4v) is 1.18. The number of hydrogen-bond acceptors (Lipinski definition) is 2. The third-order valence-electron chi connectivity index (χ3n) is 1.98. The second-order valence-corrected chi connectivity index (χ2v) is 3.00. The molecule has 0 heterocycles. The minimum atomic E-state index is -4.75. The van der Waals surface area contributed by atoms with Crippen LogP contribution in [0, 0.1) is 12.7 Å². The van der Waals surface area contributed by atoms with Crippen LogP contribution in [0.2, 0.25) is 0 Å². The van der Waals surface area contributed by atoms with Crippen LogP contribution in [-0.4, -0.2) is 7.11 Å². The van der Waals surface area contributed by atoms with Crippen molar-refractivity contribution >= 4 is 5.69 Å². The summed E-state index contributed by atoms with van der Waals surface area (Å²) < 4.78 is 54.8. The van der Waals surface area contributed by atoms with E-state index < -0.39 is 23.3 Å². The van der Waals surface area contributed by atoms with E-state index in [0.29, 0.717) is 6.07 Å². The number of nitrogen functional groups attached to an aromatic ring is 1. The summed E-state index contributed by atoms with van der Waals surface area (Å²) in [5.41, 5.74) is 4.01. The summed E-state index contributed by atoms with van der Waals surface area (Å²) in [5.74, 6) is -2.05. The fourth-order valence-electron chi connectivity index (χ4n) is 1.18. The highest BCUT2D eigenvalue weighted by Gasteiger charge is 2.36. The van der Waals surface area contributed by atoms with Crippen LogP contribution in [0.3, 0.4) is 0 Å². The van der Waals surface area contributed by atoms with Gasteiger partial charge in [0.25, 0.3) is 0 Å². The van der Waals surface area contributed by atoms with Gasteiger partial charge in [-0.3, -0.25) is 0 Å². The summed E-state index contributed by atoms with van der Waals surface area (Å²) in [6.45, 7) is 1.35. The molecule has 0 amide bonds. The highest BCUT2D eigenvalue weighted by atomic mass is 19.4. The second-order valence-electron chi connectivity index (χ2n) is 3.00. The van der Waals surface area contributed by atoms with Crippen LogP contribution >= 0.6 is 0 Å². The number of rotatable bonds is 1. The molecule has 0 unspecified atom stereocenters. The number of methoxy groups -OCH3 is 1. The molecule has 1 aromatic rings. The molecule has 2 N–H and O–H groups in total. The van der Waals surface area contributed by atoms with Crippen molar-refractivity contribution in [3.63, 3.8) is 0 Å². The van der Waals surface area contributed by atoms with Crippen molar-refractivity contribution in [2.75, 3.05) is 12.8 Å². The number of halogens is 4. The molecule has 0 aliphatic rings. The number of benzene rings is 1. The minimum absolute atomic E-state index is 0.122. The average molecular weight is 223 g/mol. The van der Waals surface area contributed by atoms with E-state index in [9.17, 15) is 17.6 Å². The topological polar surface area (TPSA) is 35.2 Å². The van der Waals surface area contributed by atoms with Crippen molar-refractivity contribution < 1.29 is 22.3 Å². The van der Waals surface area contributed by atoms with Gasteiger partial charge >= 0.3 is 6.18 Å². The van der Waals surface area contributed by atoms with Gasteiger partial charge in [0.1, 0.15) is 0 Å². The highest BCUT2D eigenvalue weighted by molar-refractivity contribution is 5.61. The number of ether oxygens (including phenoxy) is 1. The van der Waals surface area contributed by atoms with Gasteiger partial charge in [0.2, 0.25) is 0 Å². The van der Waals surface area contributed by atoms with Gasteiger partial charge < -0.3 is 10.5 Å². The highest BCUT2D eigenvalue weighted by Crippen LogP contribution is 2.39. The molecule has 0 atom stereocenters. The summed E-state index contributed by atoms with van der Waals surface area (Å²) in [5, 5.41) is 0. The van der Waals surface area contributed by atoms with E-state index in [4.69, 9.17) is 5.73 Å². The second kappa shape index (κ2) is 3.60. The molecule has 0 saturated carbocycles. The number of aryl methyl sites for hydroxylation is 1. The Morgan fingerprint density at radius 2 is 1.87 bits per heavy atom. The van der Waals surface area contributed by atoms with Crippen LogP contribution in [0.1, 0.15) is 11.1 Å². The van der Waals surface area contributed by atoms with Crippen molar-refractivity contribution in [1.82, 2.24) is 0 Å². The zero-order valence-electron chi connectivity index (χ0n) is 8.07. The minimum Gasteiger partial charge on any atom is -0.492 e. The Morgan fingerprint density at radius 1 is 1.33 bits per heavy atom. The van der Waals surface area contributed by atoms with Crippen molar-refractivity contribution in [1.29, 1.82) is 0 Å². The first kappa shape index (κ1) is 11.6. The van der Waals surface area contributed by atoms with Gasteiger partial charge in [0.15, 0.2) is 11.6 Å². The Morgan fingerprint density at radius 3 is 2.27 bits per heavy atom. The molecule has 0 bridgehead atoms. The number of anilines is 1. The van der Waals surface area contributed by atoms with Gasteiger partial charge in [0.05, 0.1) is 18.4 Å². The normalized spacial score (nSPS) is 11.6. The van der Waals surface area contributed by atoms with Crippen LogP contribution in [0.4, 0.5) is 23.2 Å². The quantitative estimate of drug-likeness (QED) is 0.586. The third-order valence-corrected chi connectivity index (χ3v) is 1.98. The lowest BCUT2D eigenvalue weighted by Crippen LogP contribution is -2.11. The Labute approximate surface area is 83.6 Å². The van der Waals surface area contributed by atoms with Crippen molar-refractivity contribution in [2.45, 2.75) is 13.1 Å². The average Bonchev–Trinajstić information content (AvgIpc) is 2.10. The maximum Gasteiger partial charge on any atom is 0.419 e. The van der Waals surface area contributed by atoms with Gasteiger partial charge in [0, 0.05) is 0 Å². The SMILES string of the molecule is COc1c(N)c(C)cc(C(F)(F)F)c1F. The Bertz CT molecular complexity index is 387. The molecule has 1 aromatic carbocycles. The van der Waals surface area contributed by atoms with Crippen LogP contribution in [0.15, 0.2) is 6.07 Å². The third kappa shape index (κ3) is 1.98. The van der Waals surface area contributed by atoms with Gasteiger partial charge in [-0.1, -0.05) is 0 Å². The molecule has 0 saturated heterocycles. The first-order valence-electron chi connectivity index (χ1n) is 3.98. The summed E-state index contributed by atoms with van der Waals surface area (Å²) in [6, 6.07) is 0.660. The van der Waals surface area contributed by atoms with Crippen molar-refractivity contribution in [2.24, 2.45) is 0 Å². The molecule has 15 heavy (non-hydrogen) atoms. The fraction of sp³-hybridized carbons (Fsp3) is 0.333. The predicted molar refractivity (Wildman–Crippen MR) is 47.1 cm³/mol. The van der Waals surface area contributed by atoms with E-state index in [2.05, 4.69) is 4.74 Å². The maximum atomic E-state index is 13.3. The number of hydrogen-bond donors (Lipinski definition) is 1. The summed E-state index contributed by atoms with van der Waals surface area (Å²) in [4.78, 5) is 0. The number of alkyl halides is 3.